The molecule has 3 nitrogen and oxygen atoms in total. The van der Waals surface area contributed by atoms with Gasteiger partial charge in [0.05, 0.1) is 27.1 Å². The van der Waals surface area contributed by atoms with Crippen molar-refractivity contribution in [2.45, 2.75) is 122 Å². The van der Waals surface area contributed by atoms with Gasteiger partial charge in [-0.3, -0.25) is 4.79 Å². The van der Waals surface area contributed by atoms with Gasteiger partial charge in [0.15, 0.2) is 0 Å². The van der Waals surface area contributed by atoms with Crippen molar-refractivity contribution < 1.29 is 14.4 Å². The summed E-state index contributed by atoms with van der Waals surface area (Å²) in [5.41, 5.74) is 1.39. The van der Waals surface area contributed by atoms with Crippen LogP contribution in [0.4, 0.5) is 0 Å². The van der Waals surface area contributed by atoms with Crippen molar-refractivity contribution in [2.75, 3.05) is 20.6 Å². The Morgan fingerprint density at radius 1 is 0.750 bits per heavy atom. The number of rotatable bonds is 21. The molecule has 0 aliphatic carbocycles. The fourth-order valence-corrected chi connectivity index (χ4v) is 4.92. The van der Waals surface area contributed by atoms with E-state index in [9.17, 15) is 4.79 Å². The van der Waals surface area contributed by atoms with E-state index >= 15 is 0 Å². The van der Waals surface area contributed by atoms with Crippen LogP contribution in [0.1, 0.15) is 128 Å². The smallest absolute Gasteiger partial charge is 0.303 e. The van der Waals surface area contributed by atoms with Gasteiger partial charge >= 0.3 is 5.97 Å². The highest BCUT2D eigenvalue weighted by Gasteiger charge is 2.29. The van der Waals surface area contributed by atoms with Gasteiger partial charge in [-0.05, 0) is 6.42 Å². The van der Waals surface area contributed by atoms with Crippen LogP contribution in [0, 0.1) is 0 Å². The van der Waals surface area contributed by atoms with Gasteiger partial charge in [0.1, 0.15) is 6.04 Å². The number of benzene rings is 1. The Kier molecular flexibility index (Phi) is 16.2. The third-order valence-corrected chi connectivity index (χ3v) is 6.98. The summed E-state index contributed by atoms with van der Waals surface area (Å²) in [4.78, 5) is 10.9. The first-order valence-corrected chi connectivity index (χ1v) is 13.6. The molecule has 0 bridgehead atoms. The van der Waals surface area contributed by atoms with Gasteiger partial charge in [0, 0.05) is 18.4 Å². The van der Waals surface area contributed by atoms with E-state index in [1.165, 1.54) is 102 Å². The topological polar surface area (TPSA) is 37.3 Å². The minimum atomic E-state index is -0.687. The molecule has 32 heavy (non-hydrogen) atoms. The second kappa shape index (κ2) is 18.1. The minimum Gasteiger partial charge on any atom is -0.481 e. The van der Waals surface area contributed by atoms with Crippen molar-refractivity contribution in [3.05, 3.63) is 35.9 Å². The van der Waals surface area contributed by atoms with Crippen LogP contribution < -0.4 is 0 Å². The molecular formula is C29H52NO2+. The number of nitrogens with zero attached hydrogens (tertiary/aromatic N) is 1. The van der Waals surface area contributed by atoms with Gasteiger partial charge in [-0.15, -0.1) is 0 Å². The molecule has 0 radical (unpaired) electrons. The van der Waals surface area contributed by atoms with Gasteiger partial charge in [0.2, 0.25) is 0 Å². The first kappa shape index (κ1) is 28.7. The Balaban J connectivity index is 2.21. The van der Waals surface area contributed by atoms with Crippen LogP contribution in [0.5, 0.6) is 0 Å². The zero-order valence-corrected chi connectivity index (χ0v) is 21.5. The number of carbonyl (C=O) groups is 1. The molecule has 1 rings (SSSR count). The zero-order valence-electron chi connectivity index (χ0n) is 21.5. The summed E-state index contributed by atoms with van der Waals surface area (Å²) in [5, 5.41) is 9.00. The van der Waals surface area contributed by atoms with Gasteiger partial charge < -0.3 is 9.59 Å². The average molecular weight is 447 g/mol. The number of hydrogen-bond donors (Lipinski definition) is 1. The zero-order chi connectivity index (χ0) is 23.5. The predicted octanol–water partition coefficient (Wildman–Crippen LogP) is 8.54. The molecule has 0 aliphatic heterocycles. The molecule has 184 valence electrons. The first-order chi connectivity index (χ1) is 15.5. The van der Waals surface area contributed by atoms with Crippen LogP contribution in [-0.2, 0) is 4.79 Å². The second-order valence-electron chi connectivity index (χ2n) is 10.3. The number of carboxylic acid groups (broad SMARTS) is 1. The van der Waals surface area contributed by atoms with Crippen molar-refractivity contribution in [1.82, 2.24) is 0 Å². The molecule has 0 saturated heterocycles. The quantitative estimate of drug-likeness (QED) is 0.152. The Morgan fingerprint density at radius 2 is 1.22 bits per heavy atom. The van der Waals surface area contributed by atoms with Crippen molar-refractivity contribution in [3.8, 4) is 0 Å². The van der Waals surface area contributed by atoms with Crippen LogP contribution in [0.2, 0.25) is 0 Å². The summed E-state index contributed by atoms with van der Waals surface area (Å²) in [6.45, 7) is 3.19. The van der Waals surface area contributed by atoms with E-state index in [0.717, 1.165) is 17.4 Å². The number of carboxylic acids is 1. The molecule has 1 unspecified atom stereocenters. The van der Waals surface area contributed by atoms with E-state index in [1.54, 1.807) is 0 Å². The van der Waals surface area contributed by atoms with Crippen LogP contribution in [-0.4, -0.2) is 36.2 Å². The van der Waals surface area contributed by atoms with E-state index in [4.69, 9.17) is 5.11 Å². The number of hydrogen-bond acceptors (Lipinski definition) is 1. The number of aliphatic carboxylic acids is 1. The van der Waals surface area contributed by atoms with Gasteiger partial charge in [-0.2, -0.15) is 0 Å². The molecule has 1 atom stereocenters. The summed E-state index contributed by atoms with van der Waals surface area (Å²) in [7, 11) is 4.53. The van der Waals surface area contributed by atoms with E-state index in [0.29, 0.717) is 6.04 Å². The first-order valence-electron chi connectivity index (χ1n) is 13.6. The Morgan fingerprint density at radius 3 is 1.69 bits per heavy atom. The van der Waals surface area contributed by atoms with E-state index < -0.39 is 5.97 Å². The van der Waals surface area contributed by atoms with Gasteiger partial charge in [0.25, 0.3) is 0 Å². The third-order valence-electron chi connectivity index (χ3n) is 6.98. The summed E-state index contributed by atoms with van der Waals surface area (Å²) in [5.74, 6) is -0.687. The van der Waals surface area contributed by atoms with Crippen LogP contribution >= 0.6 is 0 Å². The van der Waals surface area contributed by atoms with Crippen molar-refractivity contribution in [2.24, 2.45) is 0 Å². The Bertz CT molecular complexity index is 570. The lowest BCUT2D eigenvalue weighted by molar-refractivity contribution is -0.921. The lowest BCUT2D eigenvalue weighted by Crippen LogP contribution is -2.44. The van der Waals surface area contributed by atoms with E-state index in [2.05, 4.69) is 51.4 Å². The molecule has 0 heterocycles. The van der Waals surface area contributed by atoms with Gasteiger partial charge in [-0.25, -0.2) is 0 Å². The van der Waals surface area contributed by atoms with Crippen LogP contribution in [0.3, 0.4) is 0 Å². The Labute approximate surface area is 199 Å². The maximum absolute atomic E-state index is 10.9. The Hall–Kier alpha value is -1.35. The highest BCUT2D eigenvalue weighted by molar-refractivity contribution is 5.66. The summed E-state index contributed by atoms with van der Waals surface area (Å²) < 4.78 is 0.871. The van der Waals surface area contributed by atoms with Gasteiger partial charge in [-0.1, -0.05) is 121 Å². The summed E-state index contributed by atoms with van der Waals surface area (Å²) in [6, 6.07) is 11.3. The SMILES string of the molecule is CCCCCCCCCCCCCCCCC(c1ccccc1)[N+](C)(C)CCCC(=O)O. The molecule has 0 saturated carbocycles. The largest absolute Gasteiger partial charge is 0.481 e. The summed E-state index contributed by atoms with van der Waals surface area (Å²) >= 11 is 0. The molecule has 3 heteroatoms. The molecule has 0 fully saturated rings. The molecule has 1 aromatic carbocycles. The third kappa shape index (κ3) is 13.9. The van der Waals surface area contributed by atoms with E-state index in [-0.39, 0.29) is 6.42 Å². The van der Waals surface area contributed by atoms with Crippen molar-refractivity contribution >= 4 is 5.97 Å². The van der Waals surface area contributed by atoms with Crippen LogP contribution in [0.15, 0.2) is 30.3 Å². The van der Waals surface area contributed by atoms with E-state index in [1.807, 2.05) is 0 Å². The standard InChI is InChI=1S/C29H51NO2/c1-4-5-6-7-8-9-10-11-12-13-14-15-16-20-24-28(27-22-18-17-19-23-27)30(2,3)26-21-25-29(31)32/h17-19,22-23,28H,4-16,20-21,24-26H2,1-3H3/p+1. The lowest BCUT2D eigenvalue weighted by atomic mass is 9.96. The molecule has 0 aromatic heterocycles. The fraction of sp³-hybridized carbons (Fsp3) is 0.759. The molecule has 1 aromatic rings. The molecule has 1 N–H and O–H groups in total. The average Bonchev–Trinajstić information content (AvgIpc) is 2.76. The number of unbranched alkanes of at least 4 members (excludes halogenated alkanes) is 13. The number of quaternary nitrogens is 1. The molecule has 0 spiro atoms. The summed E-state index contributed by atoms with van der Waals surface area (Å²) in [6.07, 6.45) is 21.7. The fourth-order valence-electron chi connectivity index (χ4n) is 4.92. The normalized spacial score (nSPS) is 12.7. The maximum atomic E-state index is 10.9. The molecule has 0 amide bonds. The van der Waals surface area contributed by atoms with Crippen LogP contribution in [0.25, 0.3) is 0 Å². The predicted molar refractivity (Wildman–Crippen MR) is 138 cm³/mol. The van der Waals surface area contributed by atoms with Crippen molar-refractivity contribution in [3.63, 3.8) is 0 Å². The molecule has 0 aliphatic rings. The minimum absolute atomic E-state index is 0.266. The second-order valence-corrected chi connectivity index (χ2v) is 10.3. The highest BCUT2D eigenvalue weighted by Crippen LogP contribution is 2.31. The van der Waals surface area contributed by atoms with Crippen molar-refractivity contribution in [1.29, 1.82) is 0 Å². The maximum Gasteiger partial charge on any atom is 0.303 e. The monoisotopic (exact) mass is 446 g/mol. The lowest BCUT2D eigenvalue weighted by Gasteiger charge is -2.38. The molecular weight excluding hydrogens is 394 g/mol. The highest BCUT2D eigenvalue weighted by atomic mass is 16.4.